The number of Topliss-reactive ketones (excluding diaryl/α,β-unsaturated/α-hetero) is 1. The van der Waals surface area contributed by atoms with Crippen LogP contribution in [-0.4, -0.2) is 29.8 Å². The third-order valence-electron chi connectivity index (χ3n) is 0.881. The van der Waals surface area contributed by atoms with Crippen LogP contribution in [0, 0.1) is 5.92 Å². The van der Waals surface area contributed by atoms with Crippen LogP contribution in [0.15, 0.2) is 0 Å². The van der Waals surface area contributed by atoms with Crippen LogP contribution in [0.3, 0.4) is 0 Å². The van der Waals surface area contributed by atoms with Crippen molar-refractivity contribution in [3.05, 3.63) is 0 Å². The van der Waals surface area contributed by atoms with E-state index < -0.39 is 24.3 Å². The number of aliphatic carboxylic acids is 1. The summed E-state index contributed by atoms with van der Waals surface area (Å²) in [4.78, 5) is 29.9. The fraction of sp³-hybridized carbons (Fsp3) is 0.400. The number of aldehydes is 1. The van der Waals surface area contributed by atoms with Crippen molar-refractivity contribution in [1.82, 2.24) is 0 Å². The maximum atomic E-state index is 11.4. The zero-order chi connectivity index (χ0) is 8.15. The van der Waals surface area contributed by atoms with E-state index in [1.807, 2.05) is 0 Å². The van der Waals surface area contributed by atoms with Crippen molar-refractivity contribution in [2.24, 2.45) is 5.92 Å². The molecule has 0 aliphatic carbocycles. The van der Waals surface area contributed by atoms with Crippen molar-refractivity contribution in [2.75, 3.05) is 6.67 Å². The molecule has 0 saturated carbocycles. The van der Waals surface area contributed by atoms with Crippen LogP contribution in [0.1, 0.15) is 0 Å². The Bertz CT molecular complexity index is 165. The Kier molecular flexibility index (Phi) is 3.24. The minimum absolute atomic E-state index is 0.0930. The SMILES string of the molecule is O=CC(C(=O)O)C(=O)CF. The Labute approximate surface area is 55.6 Å². The van der Waals surface area contributed by atoms with Crippen LogP contribution in [0.2, 0.25) is 0 Å². The molecule has 0 aromatic heterocycles. The molecule has 0 heterocycles. The van der Waals surface area contributed by atoms with E-state index in [1.54, 1.807) is 0 Å². The molecule has 0 saturated heterocycles. The molecular formula is C5H5FO4. The summed E-state index contributed by atoms with van der Waals surface area (Å²) < 4.78 is 11.4. The molecule has 0 aliphatic rings. The Morgan fingerprint density at radius 3 is 2.20 bits per heavy atom. The van der Waals surface area contributed by atoms with E-state index in [0.717, 1.165) is 0 Å². The number of rotatable bonds is 4. The smallest absolute Gasteiger partial charge is 0.321 e. The van der Waals surface area contributed by atoms with Crippen LogP contribution in [0.5, 0.6) is 0 Å². The highest BCUT2D eigenvalue weighted by molar-refractivity contribution is 6.10. The Hall–Kier alpha value is -1.26. The maximum Gasteiger partial charge on any atom is 0.321 e. The lowest BCUT2D eigenvalue weighted by molar-refractivity contribution is -0.147. The second kappa shape index (κ2) is 3.71. The molecule has 10 heavy (non-hydrogen) atoms. The number of hydrogen-bond acceptors (Lipinski definition) is 3. The molecule has 0 spiro atoms. The highest BCUT2D eigenvalue weighted by atomic mass is 19.1. The van der Waals surface area contributed by atoms with Crippen molar-refractivity contribution >= 4 is 18.0 Å². The zero-order valence-corrected chi connectivity index (χ0v) is 4.91. The Balaban J connectivity index is 4.20. The molecule has 0 radical (unpaired) electrons. The maximum absolute atomic E-state index is 11.4. The molecule has 0 amide bonds. The second-order valence-corrected chi connectivity index (χ2v) is 1.55. The average molecular weight is 148 g/mol. The fourth-order valence-corrected chi connectivity index (χ4v) is 0.355. The molecule has 4 nitrogen and oxygen atoms in total. The number of halogens is 1. The van der Waals surface area contributed by atoms with Crippen LogP contribution in [0.4, 0.5) is 4.39 Å². The lowest BCUT2D eigenvalue weighted by Crippen LogP contribution is -2.26. The van der Waals surface area contributed by atoms with E-state index in [2.05, 4.69) is 0 Å². The summed E-state index contributed by atoms with van der Waals surface area (Å²) >= 11 is 0. The van der Waals surface area contributed by atoms with Gasteiger partial charge in [0.1, 0.15) is 13.0 Å². The standard InChI is InChI=1S/C5H5FO4/c6-1-4(8)3(2-7)5(9)10/h2-3H,1H2,(H,9,10). The summed E-state index contributed by atoms with van der Waals surface area (Å²) in [6.07, 6.45) is -0.0930. The van der Waals surface area contributed by atoms with Crippen molar-refractivity contribution < 1.29 is 23.9 Å². The van der Waals surface area contributed by atoms with E-state index in [1.165, 1.54) is 0 Å². The summed E-state index contributed by atoms with van der Waals surface area (Å²) in [7, 11) is 0. The first-order chi connectivity index (χ1) is 4.63. The highest BCUT2D eigenvalue weighted by Crippen LogP contribution is 1.94. The van der Waals surface area contributed by atoms with E-state index in [0.29, 0.717) is 0 Å². The molecule has 0 aromatic rings. The summed E-state index contributed by atoms with van der Waals surface area (Å²) in [6, 6.07) is 0. The van der Waals surface area contributed by atoms with E-state index in [4.69, 9.17) is 5.11 Å². The molecule has 0 fully saturated rings. The van der Waals surface area contributed by atoms with Gasteiger partial charge in [0.25, 0.3) is 0 Å². The zero-order valence-electron chi connectivity index (χ0n) is 4.91. The minimum Gasteiger partial charge on any atom is -0.480 e. The normalized spacial score (nSPS) is 12.1. The van der Waals surface area contributed by atoms with Crippen molar-refractivity contribution in [3.8, 4) is 0 Å². The molecular weight excluding hydrogens is 143 g/mol. The van der Waals surface area contributed by atoms with Crippen LogP contribution < -0.4 is 0 Å². The number of carboxylic acids is 1. The fourth-order valence-electron chi connectivity index (χ4n) is 0.355. The highest BCUT2D eigenvalue weighted by Gasteiger charge is 2.24. The van der Waals surface area contributed by atoms with Gasteiger partial charge in [-0.15, -0.1) is 0 Å². The lowest BCUT2D eigenvalue weighted by Gasteiger charge is -1.97. The lowest BCUT2D eigenvalue weighted by atomic mass is 10.1. The molecule has 1 atom stereocenters. The van der Waals surface area contributed by atoms with E-state index in [9.17, 15) is 18.8 Å². The topological polar surface area (TPSA) is 71.4 Å². The largest absolute Gasteiger partial charge is 0.480 e. The van der Waals surface area contributed by atoms with Gasteiger partial charge in [-0.3, -0.25) is 9.59 Å². The first-order valence-corrected chi connectivity index (χ1v) is 2.40. The van der Waals surface area contributed by atoms with Crippen molar-refractivity contribution in [2.45, 2.75) is 0 Å². The average Bonchev–Trinajstić information content (AvgIpc) is 1.88. The van der Waals surface area contributed by atoms with Crippen LogP contribution >= 0.6 is 0 Å². The van der Waals surface area contributed by atoms with Gasteiger partial charge in [0, 0.05) is 0 Å². The van der Waals surface area contributed by atoms with Crippen molar-refractivity contribution in [3.63, 3.8) is 0 Å². The molecule has 0 aliphatic heterocycles. The van der Waals surface area contributed by atoms with Gasteiger partial charge in [0.05, 0.1) is 0 Å². The third kappa shape index (κ3) is 1.93. The second-order valence-electron chi connectivity index (χ2n) is 1.55. The van der Waals surface area contributed by atoms with Gasteiger partial charge in [-0.05, 0) is 0 Å². The van der Waals surface area contributed by atoms with Crippen LogP contribution in [0.25, 0.3) is 0 Å². The third-order valence-corrected chi connectivity index (χ3v) is 0.881. The number of carbonyl (C=O) groups excluding carboxylic acids is 2. The Morgan fingerprint density at radius 1 is 1.60 bits per heavy atom. The van der Waals surface area contributed by atoms with Gasteiger partial charge in [0.15, 0.2) is 11.7 Å². The van der Waals surface area contributed by atoms with Gasteiger partial charge >= 0.3 is 5.97 Å². The van der Waals surface area contributed by atoms with E-state index in [-0.39, 0.29) is 6.29 Å². The van der Waals surface area contributed by atoms with Gasteiger partial charge in [-0.1, -0.05) is 0 Å². The summed E-state index contributed by atoms with van der Waals surface area (Å²) in [5, 5.41) is 8.06. The number of alkyl halides is 1. The van der Waals surface area contributed by atoms with Gasteiger partial charge in [0.2, 0.25) is 0 Å². The number of carboxylic acid groups (broad SMARTS) is 1. The van der Waals surface area contributed by atoms with Crippen molar-refractivity contribution in [1.29, 1.82) is 0 Å². The molecule has 1 unspecified atom stereocenters. The van der Waals surface area contributed by atoms with Gasteiger partial charge in [-0.2, -0.15) is 0 Å². The first kappa shape index (κ1) is 8.74. The molecule has 0 rings (SSSR count). The molecule has 0 bridgehead atoms. The van der Waals surface area contributed by atoms with E-state index >= 15 is 0 Å². The predicted octanol–water partition coefficient (Wildman–Crippen LogP) is -0.575. The molecule has 5 heteroatoms. The van der Waals surface area contributed by atoms with Gasteiger partial charge in [-0.25, -0.2) is 4.39 Å². The molecule has 1 N–H and O–H groups in total. The number of hydrogen-bond donors (Lipinski definition) is 1. The predicted molar refractivity (Wildman–Crippen MR) is 28.2 cm³/mol. The Morgan fingerprint density at radius 2 is 2.10 bits per heavy atom. The van der Waals surface area contributed by atoms with Gasteiger partial charge < -0.3 is 9.90 Å². The van der Waals surface area contributed by atoms with Crippen LogP contribution in [-0.2, 0) is 14.4 Å². The summed E-state index contributed by atoms with van der Waals surface area (Å²) in [5.41, 5.74) is 0. The molecule has 56 valence electrons. The summed E-state index contributed by atoms with van der Waals surface area (Å²) in [5.74, 6) is -4.68. The summed E-state index contributed by atoms with van der Waals surface area (Å²) in [6.45, 7) is -1.42. The number of ketones is 1. The quantitative estimate of drug-likeness (QED) is 0.428. The minimum atomic E-state index is -1.84. The molecule has 0 aromatic carbocycles. The number of carbonyl (C=O) groups is 3. The first-order valence-electron chi connectivity index (χ1n) is 2.40. The monoisotopic (exact) mass is 148 g/mol.